The molecule has 1 aliphatic rings. The number of hydrogen-bond donors (Lipinski definition) is 1. The molecule has 0 atom stereocenters. The number of anilines is 1. The summed E-state index contributed by atoms with van der Waals surface area (Å²) in [5.41, 5.74) is 2.11. The first kappa shape index (κ1) is 14.3. The summed E-state index contributed by atoms with van der Waals surface area (Å²) in [5, 5.41) is 14.4. The van der Waals surface area contributed by atoms with Crippen LogP contribution in [0.2, 0.25) is 0 Å². The number of thiazole rings is 1. The predicted octanol–water partition coefficient (Wildman–Crippen LogP) is 3.51. The van der Waals surface area contributed by atoms with Crippen molar-refractivity contribution in [3.05, 3.63) is 41.5 Å². The van der Waals surface area contributed by atoms with Crippen LogP contribution in [0.25, 0.3) is 10.6 Å². The van der Waals surface area contributed by atoms with E-state index in [1.165, 1.54) is 6.42 Å². The third kappa shape index (κ3) is 3.24. The fraction of sp³-hybridized carbons (Fsp3) is 0.375. The highest BCUT2D eigenvalue weighted by molar-refractivity contribution is 7.13. The molecule has 0 bridgehead atoms. The third-order valence-corrected chi connectivity index (χ3v) is 4.95. The topological polar surface area (TPSA) is 76.7 Å². The molecule has 0 radical (unpaired) electrons. The summed E-state index contributed by atoms with van der Waals surface area (Å²) in [5.74, 6) is 1.24. The van der Waals surface area contributed by atoms with Gasteiger partial charge in [0, 0.05) is 42.2 Å². The Morgan fingerprint density at radius 3 is 3.04 bits per heavy atom. The van der Waals surface area contributed by atoms with Crippen molar-refractivity contribution >= 4 is 17.4 Å². The SMILES string of the molecule is c1cncc(-c2nc(CCNc3nnc(C4CCC4)o3)cs2)c1. The van der Waals surface area contributed by atoms with E-state index in [1.807, 2.05) is 18.3 Å². The van der Waals surface area contributed by atoms with Gasteiger partial charge in [0.25, 0.3) is 0 Å². The average Bonchev–Trinajstić information content (AvgIpc) is 3.17. The lowest BCUT2D eigenvalue weighted by atomic mass is 9.85. The second-order valence-corrected chi connectivity index (χ2v) is 6.49. The zero-order valence-electron chi connectivity index (χ0n) is 12.6. The molecule has 7 heteroatoms. The summed E-state index contributed by atoms with van der Waals surface area (Å²) in [7, 11) is 0. The van der Waals surface area contributed by atoms with E-state index in [1.54, 1.807) is 17.5 Å². The predicted molar refractivity (Wildman–Crippen MR) is 88.4 cm³/mol. The zero-order valence-corrected chi connectivity index (χ0v) is 13.4. The highest BCUT2D eigenvalue weighted by Crippen LogP contribution is 2.35. The molecule has 3 aromatic heterocycles. The summed E-state index contributed by atoms with van der Waals surface area (Å²) >= 11 is 1.64. The van der Waals surface area contributed by atoms with Gasteiger partial charge in [0.2, 0.25) is 5.89 Å². The molecule has 1 N–H and O–H groups in total. The van der Waals surface area contributed by atoms with Crippen LogP contribution in [-0.4, -0.2) is 26.7 Å². The Labute approximate surface area is 138 Å². The van der Waals surface area contributed by atoms with Crippen molar-refractivity contribution in [2.75, 3.05) is 11.9 Å². The fourth-order valence-electron chi connectivity index (χ4n) is 2.47. The van der Waals surface area contributed by atoms with E-state index in [9.17, 15) is 0 Å². The van der Waals surface area contributed by atoms with Crippen LogP contribution < -0.4 is 5.32 Å². The lowest BCUT2D eigenvalue weighted by Gasteiger charge is -2.20. The van der Waals surface area contributed by atoms with Gasteiger partial charge in [-0.15, -0.1) is 16.4 Å². The number of nitrogens with zero attached hydrogens (tertiary/aromatic N) is 4. The van der Waals surface area contributed by atoms with E-state index < -0.39 is 0 Å². The molecule has 0 unspecified atom stereocenters. The smallest absolute Gasteiger partial charge is 0.315 e. The first-order chi connectivity index (χ1) is 11.4. The number of aromatic nitrogens is 4. The molecule has 3 heterocycles. The quantitative estimate of drug-likeness (QED) is 0.746. The molecule has 0 spiro atoms. The van der Waals surface area contributed by atoms with Crippen LogP contribution in [0.5, 0.6) is 0 Å². The molecule has 0 amide bonds. The summed E-state index contributed by atoms with van der Waals surface area (Å²) in [6.07, 6.45) is 8.01. The molecule has 6 nitrogen and oxygen atoms in total. The summed E-state index contributed by atoms with van der Waals surface area (Å²) in [6.45, 7) is 0.725. The molecule has 3 aromatic rings. The minimum absolute atomic E-state index is 0.471. The van der Waals surface area contributed by atoms with Gasteiger partial charge in [-0.1, -0.05) is 11.5 Å². The number of hydrogen-bond acceptors (Lipinski definition) is 7. The molecule has 118 valence electrons. The van der Waals surface area contributed by atoms with Crippen LogP contribution in [0, 0.1) is 0 Å². The largest absolute Gasteiger partial charge is 0.408 e. The van der Waals surface area contributed by atoms with Crippen LogP contribution in [-0.2, 0) is 6.42 Å². The Kier molecular flexibility index (Phi) is 4.02. The second-order valence-electron chi connectivity index (χ2n) is 5.64. The van der Waals surface area contributed by atoms with Gasteiger partial charge in [-0.05, 0) is 25.0 Å². The maximum Gasteiger partial charge on any atom is 0.315 e. The number of rotatable bonds is 6. The van der Waals surface area contributed by atoms with Gasteiger partial charge in [-0.2, -0.15) is 0 Å². The second kappa shape index (κ2) is 6.45. The molecule has 1 saturated carbocycles. The van der Waals surface area contributed by atoms with Gasteiger partial charge in [0.05, 0.1) is 5.69 Å². The molecule has 0 saturated heterocycles. The normalized spacial score (nSPS) is 14.6. The van der Waals surface area contributed by atoms with E-state index in [0.717, 1.165) is 48.0 Å². The minimum Gasteiger partial charge on any atom is -0.408 e. The minimum atomic E-state index is 0.471. The van der Waals surface area contributed by atoms with Crippen LogP contribution in [0.3, 0.4) is 0 Å². The van der Waals surface area contributed by atoms with Gasteiger partial charge in [0.15, 0.2) is 0 Å². The van der Waals surface area contributed by atoms with Crippen molar-refractivity contribution in [1.29, 1.82) is 0 Å². The molecular formula is C16H17N5OS. The maximum absolute atomic E-state index is 5.64. The van der Waals surface area contributed by atoms with E-state index in [-0.39, 0.29) is 0 Å². The highest BCUT2D eigenvalue weighted by atomic mass is 32.1. The summed E-state index contributed by atoms with van der Waals surface area (Å²) in [6, 6.07) is 4.45. The fourth-order valence-corrected chi connectivity index (χ4v) is 3.31. The molecule has 0 aliphatic heterocycles. The lowest BCUT2D eigenvalue weighted by molar-refractivity contribution is 0.338. The lowest BCUT2D eigenvalue weighted by Crippen LogP contribution is -2.08. The van der Waals surface area contributed by atoms with Gasteiger partial charge in [-0.25, -0.2) is 4.98 Å². The van der Waals surface area contributed by atoms with Gasteiger partial charge < -0.3 is 9.73 Å². The molecule has 4 rings (SSSR count). The maximum atomic E-state index is 5.64. The monoisotopic (exact) mass is 327 g/mol. The number of pyridine rings is 1. The molecule has 23 heavy (non-hydrogen) atoms. The van der Waals surface area contributed by atoms with Crippen LogP contribution in [0.4, 0.5) is 6.01 Å². The summed E-state index contributed by atoms with van der Waals surface area (Å²) in [4.78, 5) is 8.77. The van der Waals surface area contributed by atoms with Gasteiger partial charge >= 0.3 is 6.01 Å². The van der Waals surface area contributed by atoms with Crippen LogP contribution in [0.1, 0.15) is 36.8 Å². The Bertz CT molecular complexity index is 766. The van der Waals surface area contributed by atoms with E-state index >= 15 is 0 Å². The molecule has 1 fully saturated rings. The van der Waals surface area contributed by atoms with E-state index in [0.29, 0.717) is 11.9 Å². The van der Waals surface area contributed by atoms with Crippen molar-refractivity contribution in [1.82, 2.24) is 20.2 Å². The van der Waals surface area contributed by atoms with Crippen molar-refractivity contribution < 1.29 is 4.42 Å². The van der Waals surface area contributed by atoms with E-state index in [4.69, 9.17) is 4.42 Å². The first-order valence-electron chi connectivity index (χ1n) is 7.80. The first-order valence-corrected chi connectivity index (χ1v) is 8.68. The Balaban J connectivity index is 1.31. The Hall–Kier alpha value is -2.28. The molecule has 1 aliphatic carbocycles. The molecular weight excluding hydrogens is 310 g/mol. The van der Waals surface area contributed by atoms with Crippen molar-refractivity contribution in [3.63, 3.8) is 0 Å². The van der Waals surface area contributed by atoms with E-state index in [2.05, 4.69) is 30.9 Å². The highest BCUT2D eigenvalue weighted by Gasteiger charge is 2.25. The van der Waals surface area contributed by atoms with Crippen LogP contribution in [0.15, 0.2) is 34.3 Å². The molecule has 0 aromatic carbocycles. The Morgan fingerprint density at radius 1 is 1.30 bits per heavy atom. The number of nitrogens with one attached hydrogen (secondary N) is 1. The third-order valence-electron chi connectivity index (χ3n) is 4.01. The summed E-state index contributed by atoms with van der Waals surface area (Å²) < 4.78 is 5.64. The van der Waals surface area contributed by atoms with Gasteiger partial charge in [-0.3, -0.25) is 4.98 Å². The van der Waals surface area contributed by atoms with Crippen LogP contribution >= 0.6 is 11.3 Å². The zero-order chi connectivity index (χ0) is 15.5. The van der Waals surface area contributed by atoms with Gasteiger partial charge in [0.1, 0.15) is 5.01 Å². The van der Waals surface area contributed by atoms with Crippen molar-refractivity contribution in [2.24, 2.45) is 0 Å². The average molecular weight is 327 g/mol. The van der Waals surface area contributed by atoms with Crippen molar-refractivity contribution in [2.45, 2.75) is 31.6 Å². The Morgan fingerprint density at radius 2 is 2.26 bits per heavy atom. The van der Waals surface area contributed by atoms with Crippen molar-refractivity contribution in [3.8, 4) is 10.6 Å². The standard InChI is InChI=1S/C16H17N5OS/c1-3-11(4-1)14-20-21-16(22-14)18-8-6-13-10-23-15(19-13)12-5-2-7-17-9-12/h2,5,7,9-11H,1,3-4,6,8H2,(H,18,21).